The molecule has 0 heterocycles. The van der Waals surface area contributed by atoms with E-state index in [1.165, 1.54) is 5.56 Å². The van der Waals surface area contributed by atoms with Crippen LogP contribution >= 0.6 is 24.0 Å². The molecule has 2 rings (SSSR count). The molecule has 3 N–H and O–H groups in total. The third-order valence-corrected chi connectivity index (χ3v) is 3.95. The number of rotatable bonds is 9. The number of nitrogens with one attached hydrogen (secondary N) is 2. The van der Waals surface area contributed by atoms with Crippen molar-refractivity contribution in [2.24, 2.45) is 4.99 Å². The van der Waals surface area contributed by atoms with Crippen molar-refractivity contribution < 1.29 is 14.6 Å². The van der Waals surface area contributed by atoms with Crippen molar-refractivity contribution in [2.45, 2.75) is 20.0 Å². The number of methoxy groups -OCH3 is 1. The Kier molecular flexibility index (Phi) is 11.4. The number of benzene rings is 2. The van der Waals surface area contributed by atoms with Gasteiger partial charge in [-0.3, -0.25) is 4.99 Å². The lowest BCUT2D eigenvalue weighted by Gasteiger charge is -2.14. The normalized spacial score (nSPS) is 11.9. The Morgan fingerprint density at radius 1 is 1.04 bits per heavy atom. The SMILES string of the molecule is CCNC(=NCC(O)c1ccc(OC)cc1)NCCOc1ccc(C)cc1.I. The first-order chi connectivity index (χ1) is 13.1. The first-order valence-corrected chi connectivity index (χ1v) is 9.16. The highest BCUT2D eigenvalue weighted by atomic mass is 127. The van der Waals surface area contributed by atoms with Gasteiger partial charge in [0.2, 0.25) is 0 Å². The number of ether oxygens (including phenoxy) is 2. The minimum Gasteiger partial charge on any atom is -0.497 e. The second-order valence-electron chi connectivity index (χ2n) is 6.10. The molecule has 2 aromatic rings. The molecule has 0 aliphatic carbocycles. The number of hydrogen-bond acceptors (Lipinski definition) is 4. The minimum atomic E-state index is -0.671. The van der Waals surface area contributed by atoms with Gasteiger partial charge in [0.15, 0.2) is 5.96 Å². The number of hydrogen-bond donors (Lipinski definition) is 3. The third-order valence-electron chi connectivity index (χ3n) is 3.95. The minimum absolute atomic E-state index is 0. The lowest BCUT2D eigenvalue weighted by molar-refractivity contribution is 0.187. The summed E-state index contributed by atoms with van der Waals surface area (Å²) in [7, 11) is 1.62. The van der Waals surface area contributed by atoms with Gasteiger partial charge >= 0.3 is 0 Å². The van der Waals surface area contributed by atoms with Gasteiger partial charge in [-0.25, -0.2) is 0 Å². The smallest absolute Gasteiger partial charge is 0.191 e. The van der Waals surface area contributed by atoms with Crippen molar-refractivity contribution in [2.75, 3.05) is 33.4 Å². The largest absolute Gasteiger partial charge is 0.497 e. The topological polar surface area (TPSA) is 75.1 Å². The van der Waals surface area contributed by atoms with Crippen molar-refractivity contribution in [3.8, 4) is 11.5 Å². The van der Waals surface area contributed by atoms with E-state index in [1.807, 2.05) is 62.4 Å². The highest BCUT2D eigenvalue weighted by Crippen LogP contribution is 2.17. The van der Waals surface area contributed by atoms with Gasteiger partial charge in [0.05, 0.1) is 26.3 Å². The van der Waals surface area contributed by atoms with Gasteiger partial charge in [-0.2, -0.15) is 0 Å². The van der Waals surface area contributed by atoms with Crippen LogP contribution < -0.4 is 20.1 Å². The Labute approximate surface area is 184 Å². The van der Waals surface area contributed by atoms with E-state index in [-0.39, 0.29) is 30.5 Å². The molecule has 0 radical (unpaired) electrons. The molecule has 0 aromatic heterocycles. The second kappa shape index (κ2) is 13.2. The summed E-state index contributed by atoms with van der Waals surface area (Å²) < 4.78 is 10.8. The van der Waals surface area contributed by atoms with E-state index in [0.29, 0.717) is 19.1 Å². The number of aryl methyl sites for hydroxylation is 1. The molecule has 0 aliphatic heterocycles. The molecule has 6 nitrogen and oxygen atoms in total. The van der Waals surface area contributed by atoms with Crippen LogP contribution in [0.4, 0.5) is 0 Å². The van der Waals surface area contributed by atoms with Gasteiger partial charge in [0.25, 0.3) is 0 Å². The highest BCUT2D eigenvalue weighted by molar-refractivity contribution is 14.0. The van der Waals surface area contributed by atoms with E-state index in [1.54, 1.807) is 7.11 Å². The molecule has 28 heavy (non-hydrogen) atoms. The van der Waals surface area contributed by atoms with E-state index in [4.69, 9.17) is 9.47 Å². The first-order valence-electron chi connectivity index (χ1n) is 9.16. The summed E-state index contributed by atoms with van der Waals surface area (Å²) in [5.74, 6) is 2.26. The van der Waals surface area contributed by atoms with Crippen molar-refractivity contribution >= 4 is 29.9 Å². The summed E-state index contributed by atoms with van der Waals surface area (Å²) in [6, 6.07) is 15.3. The van der Waals surface area contributed by atoms with Gasteiger partial charge in [-0.15, -0.1) is 24.0 Å². The number of halogens is 1. The maximum absolute atomic E-state index is 10.3. The fourth-order valence-electron chi connectivity index (χ4n) is 2.42. The van der Waals surface area contributed by atoms with Crippen LogP contribution in [-0.2, 0) is 0 Å². The molecule has 2 aromatic carbocycles. The summed E-state index contributed by atoms with van der Waals surface area (Å²) >= 11 is 0. The van der Waals surface area contributed by atoms with Gasteiger partial charge in [-0.05, 0) is 43.7 Å². The molecular weight excluding hydrogens is 469 g/mol. The van der Waals surface area contributed by atoms with Crippen LogP contribution in [0.1, 0.15) is 24.2 Å². The van der Waals surface area contributed by atoms with E-state index in [2.05, 4.69) is 15.6 Å². The monoisotopic (exact) mass is 499 g/mol. The molecule has 1 unspecified atom stereocenters. The molecule has 7 heteroatoms. The lowest BCUT2D eigenvalue weighted by atomic mass is 10.1. The summed E-state index contributed by atoms with van der Waals surface area (Å²) in [4.78, 5) is 4.45. The van der Waals surface area contributed by atoms with Crippen molar-refractivity contribution in [1.82, 2.24) is 10.6 Å². The molecule has 0 amide bonds. The molecule has 0 fully saturated rings. The van der Waals surface area contributed by atoms with Crippen molar-refractivity contribution in [1.29, 1.82) is 0 Å². The van der Waals surface area contributed by atoms with Crippen LogP contribution in [0.5, 0.6) is 11.5 Å². The molecule has 1 atom stereocenters. The predicted molar refractivity (Wildman–Crippen MR) is 124 cm³/mol. The number of aliphatic imine (C=N–C) groups is 1. The Morgan fingerprint density at radius 3 is 2.29 bits per heavy atom. The van der Waals surface area contributed by atoms with E-state index >= 15 is 0 Å². The Hall–Kier alpha value is -2.00. The standard InChI is InChI=1S/C21H29N3O3.HI/c1-4-22-21(23-13-14-27-19-9-5-16(2)6-10-19)24-15-20(25)17-7-11-18(26-3)12-8-17;/h5-12,20,25H,4,13-15H2,1-3H3,(H2,22,23,24);1H. The van der Waals surface area contributed by atoms with Crippen LogP contribution in [0.2, 0.25) is 0 Å². The molecule has 0 bridgehead atoms. The van der Waals surface area contributed by atoms with Gasteiger partial charge in [0, 0.05) is 6.54 Å². The summed E-state index contributed by atoms with van der Waals surface area (Å²) in [6.07, 6.45) is -0.671. The average Bonchev–Trinajstić information content (AvgIpc) is 2.70. The number of nitrogens with zero attached hydrogens (tertiary/aromatic N) is 1. The maximum atomic E-state index is 10.3. The predicted octanol–water partition coefficient (Wildman–Crippen LogP) is 3.29. The summed E-state index contributed by atoms with van der Waals surface area (Å²) in [6.45, 7) is 6.18. The Balaban J connectivity index is 0.00000392. The summed E-state index contributed by atoms with van der Waals surface area (Å²) in [5, 5.41) is 16.7. The van der Waals surface area contributed by atoms with E-state index in [0.717, 1.165) is 23.6 Å². The average molecular weight is 499 g/mol. The third kappa shape index (κ3) is 8.35. The first kappa shape index (κ1) is 24.0. The Morgan fingerprint density at radius 2 is 1.68 bits per heavy atom. The fraction of sp³-hybridized carbons (Fsp3) is 0.381. The van der Waals surface area contributed by atoms with Crippen LogP contribution in [0, 0.1) is 6.92 Å². The van der Waals surface area contributed by atoms with Crippen molar-refractivity contribution in [3.05, 3.63) is 59.7 Å². The molecule has 0 spiro atoms. The molecule has 0 saturated carbocycles. The van der Waals surface area contributed by atoms with Crippen LogP contribution in [0.25, 0.3) is 0 Å². The van der Waals surface area contributed by atoms with Crippen LogP contribution in [0.15, 0.2) is 53.5 Å². The lowest BCUT2D eigenvalue weighted by Crippen LogP contribution is -2.39. The molecule has 0 aliphatic rings. The highest BCUT2D eigenvalue weighted by Gasteiger charge is 2.08. The summed E-state index contributed by atoms with van der Waals surface area (Å²) in [5.41, 5.74) is 2.01. The van der Waals surface area contributed by atoms with Crippen molar-refractivity contribution in [3.63, 3.8) is 0 Å². The van der Waals surface area contributed by atoms with Crippen LogP contribution in [0.3, 0.4) is 0 Å². The van der Waals surface area contributed by atoms with Crippen LogP contribution in [-0.4, -0.2) is 44.4 Å². The zero-order chi connectivity index (χ0) is 19.5. The van der Waals surface area contributed by atoms with E-state index in [9.17, 15) is 5.11 Å². The molecule has 0 saturated heterocycles. The van der Waals surface area contributed by atoms with E-state index < -0.39 is 6.10 Å². The Bertz CT molecular complexity index is 706. The quantitative estimate of drug-likeness (QED) is 0.214. The number of aliphatic hydroxyl groups is 1. The number of aliphatic hydroxyl groups excluding tert-OH is 1. The van der Waals surface area contributed by atoms with Gasteiger partial charge < -0.3 is 25.2 Å². The molecule has 154 valence electrons. The second-order valence-corrected chi connectivity index (χ2v) is 6.10. The molecular formula is C21H30IN3O3. The van der Waals surface area contributed by atoms with Gasteiger partial charge in [0.1, 0.15) is 18.1 Å². The number of guanidine groups is 1. The van der Waals surface area contributed by atoms with Gasteiger partial charge in [-0.1, -0.05) is 29.8 Å². The zero-order valence-electron chi connectivity index (χ0n) is 16.6. The maximum Gasteiger partial charge on any atom is 0.191 e. The fourth-order valence-corrected chi connectivity index (χ4v) is 2.42. The zero-order valence-corrected chi connectivity index (χ0v) is 19.0.